The first kappa shape index (κ1) is 19.7. The fraction of sp³-hybridized carbons (Fsp3) is 0.100. The van der Waals surface area contributed by atoms with Crippen LogP contribution < -0.4 is 0 Å². The third kappa shape index (κ3) is 4.22. The number of carbonyl (C=O) groups is 1. The second kappa shape index (κ2) is 8.41. The van der Waals surface area contributed by atoms with E-state index < -0.39 is 5.97 Å². The van der Waals surface area contributed by atoms with Crippen LogP contribution in [-0.4, -0.2) is 33.4 Å². The van der Waals surface area contributed by atoms with Crippen LogP contribution in [0.25, 0.3) is 6.08 Å². The molecule has 0 N–H and O–H groups in total. The molecular formula is C20H14Cl2N4O2S. The maximum absolute atomic E-state index is 12.2. The number of hydrogen-bond acceptors (Lipinski definition) is 6. The lowest BCUT2D eigenvalue weighted by Crippen LogP contribution is -2.14. The lowest BCUT2D eigenvalue weighted by Gasteiger charge is -2.17. The van der Waals surface area contributed by atoms with E-state index >= 15 is 0 Å². The molecule has 29 heavy (non-hydrogen) atoms. The van der Waals surface area contributed by atoms with Crippen molar-refractivity contribution in [3.63, 3.8) is 0 Å². The zero-order valence-electron chi connectivity index (χ0n) is 15.2. The van der Waals surface area contributed by atoms with E-state index in [0.29, 0.717) is 20.8 Å². The summed E-state index contributed by atoms with van der Waals surface area (Å²) < 4.78 is 5.08. The second-order valence-corrected chi connectivity index (χ2v) is 7.87. The van der Waals surface area contributed by atoms with Gasteiger partial charge in [0.15, 0.2) is 5.03 Å². The molecule has 4 rings (SSSR count). The molecule has 2 heterocycles. The van der Waals surface area contributed by atoms with Gasteiger partial charge in [-0.2, -0.15) is 0 Å². The van der Waals surface area contributed by atoms with Crippen LogP contribution in [0.15, 0.2) is 63.6 Å². The molecule has 9 heteroatoms. The number of thioether (sulfide) groups is 1. The van der Waals surface area contributed by atoms with Crippen molar-refractivity contribution in [2.45, 2.75) is 11.9 Å². The van der Waals surface area contributed by atoms with Gasteiger partial charge in [0.05, 0.1) is 6.61 Å². The summed E-state index contributed by atoms with van der Waals surface area (Å²) in [5.74, 6) is -0.530. The van der Waals surface area contributed by atoms with Crippen LogP contribution >= 0.6 is 35.0 Å². The number of halogens is 2. The van der Waals surface area contributed by atoms with Crippen molar-refractivity contribution in [3.8, 4) is 0 Å². The molecule has 6 nitrogen and oxygen atoms in total. The Morgan fingerprint density at radius 3 is 2.41 bits per heavy atom. The van der Waals surface area contributed by atoms with E-state index in [0.717, 1.165) is 16.0 Å². The van der Waals surface area contributed by atoms with Crippen molar-refractivity contribution in [1.29, 1.82) is 0 Å². The number of benzene rings is 2. The Morgan fingerprint density at radius 2 is 1.76 bits per heavy atom. The van der Waals surface area contributed by atoms with Crippen molar-refractivity contribution >= 4 is 52.7 Å². The van der Waals surface area contributed by atoms with Gasteiger partial charge in [-0.15, -0.1) is 15.0 Å². The first-order chi connectivity index (χ1) is 14.0. The van der Waals surface area contributed by atoms with Crippen LogP contribution in [-0.2, 0) is 4.74 Å². The van der Waals surface area contributed by atoms with Gasteiger partial charge in [-0.05, 0) is 48.0 Å². The van der Waals surface area contributed by atoms with E-state index in [2.05, 4.69) is 15.4 Å². The Morgan fingerprint density at radius 1 is 1.10 bits per heavy atom. The van der Waals surface area contributed by atoms with E-state index in [1.165, 1.54) is 16.6 Å². The van der Waals surface area contributed by atoms with Gasteiger partial charge in [-0.3, -0.25) is 0 Å². The van der Waals surface area contributed by atoms with Crippen LogP contribution in [0.5, 0.6) is 0 Å². The van der Waals surface area contributed by atoms with Gasteiger partial charge in [0.1, 0.15) is 5.71 Å². The quantitative estimate of drug-likeness (QED) is 0.519. The normalized spacial score (nSPS) is 14.4. The molecule has 0 fully saturated rings. The van der Waals surface area contributed by atoms with Crippen LogP contribution in [0.3, 0.4) is 0 Å². The first-order valence-electron chi connectivity index (χ1n) is 8.68. The van der Waals surface area contributed by atoms with Crippen LogP contribution in [0.2, 0.25) is 10.0 Å². The Bertz CT molecular complexity index is 1120. The molecule has 0 radical (unpaired) electrons. The molecule has 1 aliphatic heterocycles. The number of nitrogens with zero attached hydrogens (tertiary/aromatic N) is 4. The number of fused-ring (bicyclic) bond motifs is 1. The average molecular weight is 445 g/mol. The molecule has 0 saturated carbocycles. The smallest absolute Gasteiger partial charge is 0.361 e. The minimum absolute atomic E-state index is 0.137. The molecule has 1 aromatic heterocycles. The van der Waals surface area contributed by atoms with E-state index in [-0.39, 0.29) is 12.3 Å². The molecule has 3 aromatic rings. The highest BCUT2D eigenvalue weighted by molar-refractivity contribution is 8.04. The molecule has 0 atom stereocenters. The lowest BCUT2D eigenvalue weighted by atomic mass is 10.1. The van der Waals surface area contributed by atoms with Gasteiger partial charge in [-0.1, -0.05) is 59.2 Å². The molecule has 0 spiro atoms. The molecule has 0 aliphatic carbocycles. The van der Waals surface area contributed by atoms with Gasteiger partial charge in [0.25, 0.3) is 0 Å². The van der Waals surface area contributed by atoms with Gasteiger partial charge < -0.3 is 4.74 Å². The first-order valence-corrected chi connectivity index (χ1v) is 10.3. The zero-order valence-corrected chi connectivity index (χ0v) is 17.5. The van der Waals surface area contributed by atoms with Crippen LogP contribution in [0.1, 0.15) is 28.5 Å². The predicted molar refractivity (Wildman–Crippen MR) is 115 cm³/mol. The summed E-state index contributed by atoms with van der Waals surface area (Å²) in [4.78, 5) is 14.4. The van der Waals surface area contributed by atoms with Crippen LogP contribution in [0, 0.1) is 0 Å². The predicted octanol–water partition coefficient (Wildman–Crippen LogP) is 5.16. The third-order valence-corrected chi connectivity index (χ3v) is 5.59. The Hall–Kier alpha value is -2.61. The molecule has 0 unspecified atom stereocenters. The minimum atomic E-state index is -0.530. The van der Waals surface area contributed by atoms with Crippen LogP contribution in [0.4, 0.5) is 0 Å². The number of carbonyl (C=O) groups excluding carboxylic acids is 1. The van der Waals surface area contributed by atoms with Gasteiger partial charge in [0.2, 0.25) is 5.69 Å². The van der Waals surface area contributed by atoms with Crippen molar-refractivity contribution in [1.82, 2.24) is 15.1 Å². The number of rotatable bonds is 4. The molecule has 0 saturated heterocycles. The van der Waals surface area contributed by atoms with E-state index in [4.69, 9.17) is 27.9 Å². The summed E-state index contributed by atoms with van der Waals surface area (Å²) in [5, 5.41) is 14.3. The minimum Gasteiger partial charge on any atom is -0.461 e. The number of ether oxygens (including phenoxy) is 1. The average Bonchev–Trinajstić information content (AvgIpc) is 3.13. The molecule has 0 bridgehead atoms. The highest BCUT2D eigenvalue weighted by Crippen LogP contribution is 2.37. The fourth-order valence-electron chi connectivity index (χ4n) is 2.66. The summed E-state index contributed by atoms with van der Waals surface area (Å²) in [6.45, 7) is 1.99. The monoisotopic (exact) mass is 444 g/mol. The molecular weight excluding hydrogens is 431 g/mol. The lowest BCUT2D eigenvalue weighted by molar-refractivity contribution is 0.0515. The van der Waals surface area contributed by atoms with Crippen molar-refractivity contribution < 1.29 is 9.53 Å². The number of hydrogen-bond donors (Lipinski definition) is 0. The molecule has 1 aliphatic rings. The van der Waals surface area contributed by atoms with Crippen molar-refractivity contribution in [2.75, 3.05) is 6.61 Å². The number of allylic oxidation sites excluding steroid dienone is 1. The largest absolute Gasteiger partial charge is 0.461 e. The van der Waals surface area contributed by atoms with Gasteiger partial charge in [-0.25, -0.2) is 4.79 Å². The Balaban J connectivity index is 1.82. The van der Waals surface area contributed by atoms with Crippen molar-refractivity contribution in [2.24, 2.45) is 5.10 Å². The standard InChI is InChI=1S/C20H14Cl2N4O2S/c1-2-28-20(27)18-19-26(25-23-18)24-17(13-5-9-15(22)10-6-13)16(29-19)11-12-3-7-14(21)8-4-12/h3-11H,2H2,1H3/b16-11-. The summed E-state index contributed by atoms with van der Waals surface area (Å²) in [6, 6.07) is 14.8. The number of aromatic nitrogens is 3. The second-order valence-electron chi connectivity index (χ2n) is 5.97. The Kier molecular flexibility index (Phi) is 5.71. The highest BCUT2D eigenvalue weighted by Gasteiger charge is 2.28. The molecule has 146 valence electrons. The topological polar surface area (TPSA) is 69.4 Å². The van der Waals surface area contributed by atoms with Gasteiger partial charge >= 0.3 is 5.97 Å². The summed E-state index contributed by atoms with van der Waals surface area (Å²) >= 11 is 13.4. The number of esters is 1. The summed E-state index contributed by atoms with van der Waals surface area (Å²) in [7, 11) is 0. The summed E-state index contributed by atoms with van der Waals surface area (Å²) in [5.41, 5.74) is 2.63. The highest BCUT2D eigenvalue weighted by atomic mass is 35.5. The maximum Gasteiger partial charge on any atom is 0.361 e. The summed E-state index contributed by atoms with van der Waals surface area (Å²) in [6.07, 6.45) is 1.97. The third-order valence-electron chi connectivity index (χ3n) is 4.00. The van der Waals surface area contributed by atoms with E-state index in [1.54, 1.807) is 19.1 Å². The zero-order chi connectivity index (χ0) is 20.4. The van der Waals surface area contributed by atoms with Gasteiger partial charge in [0, 0.05) is 20.5 Å². The molecule has 2 aromatic carbocycles. The van der Waals surface area contributed by atoms with E-state index in [1.807, 2.05) is 42.5 Å². The van der Waals surface area contributed by atoms with E-state index in [9.17, 15) is 4.79 Å². The SMILES string of the molecule is CCOC(=O)c1nnn2c1S/C(=C\c1ccc(Cl)cc1)C(c1ccc(Cl)cc1)=N2. The maximum atomic E-state index is 12.2. The van der Waals surface area contributed by atoms with Crippen molar-refractivity contribution in [3.05, 3.63) is 80.3 Å². The molecule has 0 amide bonds. The fourth-order valence-corrected chi connectivity index (χ4v) is 3.95. The Labute approximate surface area is 181 Å².